The molecule has 0 aliphatic carbocycles. The number of piperazine rings is 1. The maximum Gasteiger partial charge on any atom is 0.254 e. The number of amides is 2. The highest BCUT2D eigenvalue weighted by molar-refractivity contribution is 7.08. The Hall–Kier alpha value is -2.22. The Morgan fingerprint density at radius 2 is 1.77 bits per heavy atom. The summed E-state index contributed by atoms with van der Waals surface area (Å²) >= 11 is 1.55. The second-order valence-corrected chi connectivity index (χ2v) is 8.74. The van der Waals surface area contributed by atoms with Crippen LogP contribution in [-0.2, 0) is 14.9 Å². The number of hydrogen-bond donors (Lipinski definition) is 1. The SMILES string of the molecule is O=C(c1ccsc1)N1CCN(CCNC(=O)C2(c3ccccc3)CCOCC2)CC1. The van der Waals surface area contributed by atoms with Gasteiger partial charge < -0.3 is 15.0 Å². The van der Waals surface area contributed by atoms with Gasteiger partial charge in [0.2, 0.25) is 5.91 Å². The van der Waals surface area contributed by atoms with Crippen molar-refractivity contribution in [3.05, 3.63) is 58.3 Å². The van der Waals surface area contributed by atoms with E-state index >= 15 is 0 Å². The van der Waals surface area contributed by atoms with Crippen molar-refractivity contribution >= 4 is 23.2 Å². The van der Waals surface area contributed by atoms with Crippen LogP contribution in [0.2, 0.25) is 0 Å². The van der Waals surface area contributed by atoms with Crippen molar-refractivity contribution < 1.29 is 14.3 Å². The van der Waals surface area contributed by atoms with Gasteiger partial charge in [0.05, 0.1) is 11.0 Å². The highest BCUT2D eigenvalue weighted by Crippen LogP contribution is 2.35. The summed E-state index contributed by atoms with van der Waals surface area (Å²) in [4.78, 5) is 29.9. The predicted molar refractivity (Wildman–Crippen MR) is 118 cm³/mol. The Balaban J connectivity index is 1.27. The molecule has 1 N–H and O–H groups in total. The van der Waals surface area contributed by atoms with Gasteiger partial charge in [-0.3, -0.25) is 14.5 Å². The molecule has 0 unspecified atom stereocenters. The van der Waals surface area contributed by atoms with E-state index < -0.39 is 5.41 Å². The number of ether oxygens (including phenoxy) is 1. The normalized spacial score (nSPS) is 19.4. The Morgan fingerprint density at radius 3 is 2.43 bits per heavy atom. The maximum atomic E-state index is 13.2. The first-order valence-corrected chi connectivity index (χ1v) is 11.6. The van der Waals surface area contributed by atoms with E-state index in [2.05, 4.69) is 22.3 Å². The number of carbonyl (C=O) groups is 2. The van der Waals surface area contributed by atoms with Gasteiger partial charge in [-0.05, 0) is 29.9 Å². The molecule has 7 heteroatoms. The number of thiophene rings is 1. The molecular weight excluding hydrogens is 398 g/mol. The molecule has 2 aliphatic rings. The van der Waals surface area contributed by atoms with Crippen LogP contribution in [0.15, 0.2) is 47.2 Å². The number of nitrogens with zero attached hydrogens (tertiary/aromatic N) is 2. The largest absolute Gasteiger partial charge is 0.381 e. The molecule has 30 heavy (non-hydrogen) atoms. The molecule has 4 rings (SSSR count). The van der Waals surface area contributed by atoms with Crippen LogP contribution in [0.4, 0.5) is 0 Å². The third-order valence-corrected chi connectivity index (χ3v) is 6.93. The highest BCUT2D eigenvalue weighted by atomic mass is 32.1. The van der Waals surface area contributed by atoms with Crippen molar-refractivity contribution in [1.82, 2.24) is 15.1 Å². The predicted octanol–water partition coefficient (Wildman–Crippen LogP) is 2.37. The van der Waals surface area contributed by atoms with Crippen LogP contribution in [0.25, 0.3) is 0 Å². The topological polar surface area (TPSA) is 61.9 Å². The lowest BCUT2D eigenvalue weighted by Crippen LogP contribution is -2.52. The number of hydrogen-bond acceptors (Lipinski definition) is 5. The van der Waals surface area contributed by atoms with Gasteiger partial charge in [0.25, 0.3) is 5.91 Å². The van der Waals surface area contributed by atoms with Crippen LogP contribution in [0.5, 0.6) is 0 Å². The minimum absolute atomic E-state index is 0.100. The van der Waals surface area contributed by atoms with Crippen LogP contribution in [0.1, 0.15) is 28.8 Å². The van der Waals surface area contributed by atoms with Gasteiger partial charge in [-0.25, -0.2) is 0 Å². The zero-order chi connectivity index (χ0) is 20.8. The minimum Gasteiger partial charge on any atom is -0.381 e. The smallest absolute Gasteiger partial charge is 0.254 e. The zero-order valence-electron chi connectivity index (χ0n) is 17.2. The summed E-state index contributed by atoms with van der Waals surface area (Å²) < 4.78 is 5.53. The van der Waals surface area contributed by atoms with Crippen molar-refractivity contribution in [3.8, 4) is 0 Å². The quantitative estimate of drug-likeness (QED) is 0.769. The molecule has 1 aromatic heterocycles. The number of nitrogens with one attached hydrogen (secondary N) is 1. The van der Waals surface area contributed by atoms with Crippen LogP contribution >= 0.6 is 11.3 Å². The fourth-order valence-electron chi connectivity index (χ4n) is 4.36. The van der Waals surface area contributed by atoms with Crippen molar-refractivity contribution in [2.45, 2.75) is 18.3 Å². The molecule has 160 valence electrons. The first-order chi connectivity index (χ1) is 14.7. The van der Waals surface area contributed by atoms with E-state index in [1.807, 2.05) is 39.9 Å². The molecule has 1 aromatic carbocycles. The Morgan fingerprint density at radius 1 is 1.03 bits per heavy atom. The Bertz CT molecular complexity index is 827. The number of rotatable bonds is 6. The molecule has 0 atom stereocenters. The van der Waals surface area contributed by atoms with Crippen molar-refractivity contribution in [1.29, 1.82) is 0 Å². The molecule has 2 aliphatic heterocycles. The van der Waals surface area contributed by atoms with E-state index in [1.54, 1.807) is 11.3 Å². The van der Waals surface area contributed by atoms with E-state index in [-0.39, 0.29) is 11.8 Å². The first kappa shape index (κ1) is 21.0. The summed E-state index contributed by atoms with van der Waals surface area (Å²) in [5.41, 5.74) is 1.36. The number of carbonyl (C=O) groups excluding carboxylic acids is 2. The minimum atomic E-state index is -0.495. The fourth-order valence-corrected chi connectivity index (χ4v) is 4.99. The van der Waals surface area contributed by atoms with Gasteiger partial charge in [0.15, 0.2) is 0 Å². The molecule has 0 spiro atoms. The molecule has 2 saturated heterocycles. The third kappa shape index (κ3) is 4.58. The summed E-state index contributed by atoms with van der Waals surface area (Å²) in [5.74, 6) is 0.219. The molecule has 0 radical (unpaired) electrons. The molecule has 3 heterocycles. The average molecular weight is 428 g/mol. The van der Waals surface area contributed by atoms with Gasteiger partial charge >= 0.3 is 0 Å². The second kappa shape index (κ2) is 9.73. The van der Waals surface area contributed by atoms with E-state index in [0.29, 0.717) is 32.6 Å². The lowest BCUT2D eigenvalue weighted by atomic mass is 9.73. The van der Waals surface area contributed by atoms with E-state index in [0.717, 1.165) is 43.9 Å². The average Bonchev–Trinajstić information content (AvgIpc) is 3.35. The van der Waals surface area contributed by atoms with Crippen LogP contribution in [0, 0.1) is 0 Å². The Kier molecular flexibility index (Phi) is 6.82. The van der Waals surface area contributed by atoms with E-state index in [9.17, 15) is 9.59 Å². The molecular formula is C23H29N3O3S. The number of benzene rings is 1. The van der Waals surface area contributed by atoms with Gasteiger partial charge in [-0.15, -0.1) is 0 Å². The van der Waals surface area contributed by atoms with Crippen molar-refractivity contribution in [3.63, 3.8) is 0 Å². The highest BCUT2D eigenvalue weighted by Gasteiger charge is 2.41. The molecule has 2 aromatic rings. The summed E-state index contributed by atoms with van der Waals surface area (Å²) in [6.45, 7) is 5.78. The maximum absolute atomic E-state index is 13.2. The van der Waals surface area contributed by atoms with E-state index in [1.165, 1.54) is 0 Å². The summed E-state index contributed by atoms with van der Waals surface area (Å²) in [6.07, 6.45) is 1.43. The van der Waals surface area contributed by atoms with Crippen LogP contribution < -0.4 is 5.32 Å². The van der Waals surface area contributed by atoms with Gasteiger partial charge in [0, 0.05) is 57.9 Å². The summed E-state index contributed by atoms with van der Waals surface area (Å²) in [7, 11) is 0. The van der Waals surface area contributed by atoms with E-state index in [4.69, 9.17) is 4.74 Å². The summed E-state index contributed by atoms with van der Waals surface area (Å²) in [6, 6.07) is 12.0. The lowest BCUT2D eigenvalue weighted by Gasteiger charge is -2.37. The first-order valence-electron chi connectivity index (χ1n) is 10.6. The molecule has 2 fully saturated rings. The van der Waals surface area contributed by atoms with Crippen molar-refractivity contribution in [2.75, 3.05) is 52.5 Å². The molecule has 2 amide bonds. The van der Waals surface area contributed by atoms with Gasteiger partial charge in [-0.1, -0.05) is 30.3 Å². The molecule has 0 bridgehead atoms. The monoisotopic (exact) mass is 427 g/mol. The van der Waals surface area contributed by atoms with Gasteiger partial charge in [0.1, 0.15) is 0 Å². The summed E-state index contributed by atoms with van der Waals surface area (Å²) in [5, 5.41) is 7.02. The van der Waals surface area contributed by atoms with Crippen LogP contribution in [-0.4, -0.2) is 74.1 Å². The van der Waals surface area contributed by atoms with Gasteiger partial charge in [-0.2, -0.15) is 11.3 Å². The third-order valence-electron chi connectivity index (χ3n) is 6.25. The second-order valence-electron chi connectivity index (χ2n) is 7.96. The Labute approximate surface area is 181 Å². The molecule has 0 saturated carbocycles. The van der Waals surface area contributed by atoms with Crippen LogP contribution in [0.3, 0.4) is 0 Å². The zero-order valence-corrected chi connectivity index (χ0v) is 18.0. The standard InChI is InChI=1S/C23H29N3O3S/c27-21(19-6-17-30-18-19)26-13-11-25(12-14-26)10-9-24-22(28)23(7-15-29-16-8-23)20-4-2-1-3-5-20/h1-6,17-18H,7-16H2,(H,24,28). The fraction of sp³-hybridized carbons (Fsp3) is 0.478. The van der Waals surface area contributed by atoms with Crippen molar-refractivity contribution in [2.24, 2.45) is 0 Å². The molecule has 6 nitrogen and oxygen atoms in total. The lowest BCUT2D eigenvalue weighted by molar-refractivity contribution is -0.130.